The van der Waals surface area contributed by atoms with Gasteiger partial charge in [-0.3, -0.25) is 9.59 Å². The second-order valence-electron chi connectivity index (χ2n) is 3.76. The standard InChI is InChI=1S/C13H9ClN2O2/c14-13(18)12(17)10-8-16(7-3-6-15)11-5-2-1-4-9(10)11/h1-2,4-5,8H,3,7H2. The average Bonchev–Trinajstić information content (AvgIpc) is 2.74. The zero-order valence-corrected chi connectivity index (χ0v) is 10.1. The molecule has 2 aromatic rings. The van der Waals surface area contributed by atoms with Crippen LogP contribution in [-0.4, -0.2) is 15.6 Å². The Hall–Kier alpha value is -2.12. The van der Waals surface area contributed by atoms with Crippen LogP contribution in [0.25, 0.3) is 10.9 Å². The van der Waals surface area contributed by atoms with Gasteiger partial charge in [0.2, 0.25) is 5.78 Å². The quantitative estimate of drug-likeness (QED) is 0.482. The average molecular weight is 261 g/mol. The first kappa shape index (κ1) is 12.3. The topological polar surface area (TPSA) is 62.9 Å². The lowest BCUT2D eigenvalue weighted by Gasteiger charge is -2.00. The summed E-state index contributed by atoms with van der Waals surface area (Å²) in [5, 5.41) is 8.27. The van der Waals surface area contributed by atoms with Gasteiger partial charge in [-0.15, -0.1) is 0 Å². The number of hydrogen-bond donors (Lipinski definition) is 0. The van der Waals surface area contributed by atoms with Crippen LogP contribution in [-0.2, 0) is 11.3 Å². The maximum Gasteiger partial charge on any atom is 0.293 e. The van der Waals surface area contributed by atoms with Gasteiger partial charge in [-0.1, -0.05) is 18.2 Å². The summed E-state index contributed by atoms with van der Waals surface area (Å²) >= 11 is 5.23. The number of nitrogens with zero attached hydrogens (tertiary/aromatic N) is 2. The van der Waals surface area contributed by atoms with E-state index in [9.17, 15) is 9.59 Å². The van der Waals surface area contributed by atoms with Crippen molar-refractivity contribution in [3.05, 3.63) is 36.0 Å². The highest BCUT2D eigenvalue weighted by Gasteiger charge is 2.19. The van der Waals surface area contributed by atoms with Crippen molar-refractivity contribution in [3.63, 3.8) is 0 Å². The Morgan fingerprint density at radius 2 is 2.06 bits per heavy atom. The van der Waals surface area contributed by atoms with Crippen LogP contribution < -0.4 is 0 Å². The second-order valence-corrected chi connectivity index (χ2v) is 4.11. The first-order valence-corrected chi connectivity index (χ1v) is 5.72. The maximum absolute atomic E-state index is 11.7. The first-order valence-electron chi connectivity index (χ1n) is 5.34. The van der Waals surface area contributed by atoms with E-state index in [2.05, 4.69) is 0 Å². The molecule has 0 amide bonds. The molecule has 0 aliphatic rings. The van der Waals surface area contributed by atoms with Crippen LogP contribution in [0.5, 0.6) is 0 Å². The van der Waals surface area contributed by atoms with Gasteiger partial charge >= 0.3 is 0 Å². The molecule has 0 fully saturated rings. The number of carbonyl (C=O) groups excluding carboxylic acids is 2. The lowest BCUT2D eigenvalue weighted by Crippen LogP contribution is -2.06. The largest absolute Gasteiger partial charge is 0.346 e. The molecule has 5 heteroatoms. The predicted molar refractivity (Wildman–Crippen MR) is 67.4 cm³/mol. The minimum atomic E-state index is -1.00. The van der Waals surface area contributed by atoms with Crippen molar-refractivity contribution >= 4 is 33.5 Å². The monoisotopic (exact) mass is 260 g/mol. The maximum atomic E-state index is 11.7. The molecule has 0 N–H and O–H groups in total. The minimum Gasteiger partial charge on any atom is -0.346 e. The second kappa shape index (κ2) is 5.03. The van der Waals surface area contributed by atoms with Crippen molar-refractivity contribution in [1.29, 1.82) is 5.26 Å². The third kappa shape index (κ3) is 2.13. The summed E-state index contributed by atoms with van der Waals surface area (Å²) in [4.78, 5) is 22.7. The number of nitriles is 1. The van der Waals surface area contributed by atoms with Gasteiger partial charge in [-0.25, -0.2) is 0 Å². The van der Waals surface area contributed by atoms with E-state index in [-0.39, 0.29) is 5.56 Å². The van der Waals surface area contributed by atoms with Gasteiger partial charge in [0.15, 0.2) is 0 Å². The number of Topliss-reactive ketones (excluding diaryl/α,β-unsaturated/α-hetero) is 1. The molecule has 0 spiro atoms. The highest BCUT2D eigenvalue weighted by atomic mass is 35.5. The van der Waals surface area contributed by atoms with Gasteiger partial charge < -0.3 is 4.57 Å². The summed E-state index contributed by atoms with van der Waals surface area (Å²) in [6.45, 7) is 0.473. The number of fused-ring (bicyclic) bond motifs is 1. The molecule has 0 atom stereocenters. The Kier molecular flexibility index (Phi) is 3.45. The van der Waals surface area contributed by atoms with Gasteiger partial charge in [-0.05, 0) is 17.7 Å². The fourth-order valence-electron chi connectivity index (χ4n) is 1.89. The molecular formula is C13H9ClN2O2. The molecule has 0 radical (unpaired) electrons. The summed E-state index contributed by atoms with van der Waals surface area (Å²) < 4.78 is 1.78. The fourth-order valence-corrected chi connectivity index (χ4v) is 1.99. The molecule has 0 saturated heterocycles. The molecule has 90 valence electrons. The molecule has 4 nitrogen and oxygen atoms in total. The van der Waals surface area contributed by atoms with Crippen LogP contribution in [0.4, 0.5) is 0 Å². The zero-order valence-electron chi connectivity index (χ0n) is 9.39. The van der Waals surface area contributed by atoms with E-state index in [0.29, 0.717) is 18.4 Å². The summed E-state index contributed by atoms with van der Waals surface area (Å²) in [6, 6.07) is 9.25. The molecule has 18 heavy (non-hydrogen) atoms. The van der Waals surface area contributed by atoms with E-state index in [1.807, 2.05) is 18.2 Å². The number of halogens is 1. The number of benzene rings is 1. The van der Waals surface area contributed by atoms with Crippen molar-refractivity contribution in [3.8, 4) is 6.07 Å². The lowest BCUT2D eigenvalue weighted by molar-refractivity contribution is -0.108. The number of para-hydroxylation sites is 1. The smallest absolute Gasteiger partial charge is 0.293 e. The number of hydrogen-bond acceptors (Lipinski definition) is 3. The molecule has 1 heterocycles. The third-order valence-corrected chi connectivity index (χ3v) is 2.85. The molecular weight excluding hydrogens is 252 g/mol. The number of carbonyl (C=O) groups is 2. The van der Waals surface area contributed by atoms with E-state index in [4.69, 9.17) is 16.9 Å². The number of aromatic nitrogens is 1. The Labute approximate surface area is 108 Å². The van der Waals surface area contributed by atoms with Crippen LogP contribution in [0.1, 0.15) is 16.8 Å². The van der Waals surface area contributed by atoms with Crippen molar-refractivity contribution < 1.29 is 9.59 Å². The van der Waals surface area contributed by atoms with Gasteiger partial charge in [0.1, 0.15) is 0 Å². The Morgan fingerprint density at radius 1 is 1.33 bits per heavy atom. The van der Waals surface area contributed by atoms with Gasteiger partial charge in [0.25, 0.3) is 5.24 Å². The highest BCUT2D eigenvalue weighted by molar-refractivity contribution is 6.83. The summed E-state index contributed by atoms with van der Waals surface area (Å²) in [6.07, 6.45) is 1.91. The van der Waals surface area contributed by atoms with Crippen molar-refractivity contribution in [2.75, 3.05) is 0 Å². The third-order valence-electron chi connectivity index (χ3n) is 2.68. The number of aryl methyl sites for hydroxylation is 1. The van der Waals surface area contributed by atoms with E-state index in [1.54, 1.807) is 22.9 Å². The summed E-state index contributed by atoms with van der Waals surface area (Å²) in [5.74, 6) is -0.719. The number of ketones is 1. The highest BCUT2D eigenvalue weighted by Crippen LogP contribution is 2.22. The Bertz CT molecular complexity index is 667. The van der Waals surface area contributed by atoms with E-state index in [1.165, 1.54) is 0 Å². The van der Waals surface area contributed by atoms with Crippen LogP contribution in [0, 0.1) is 11.3 Å². The fraction of sp³-hybridized carbons (Fsp3) is 0.154. The molecule has 0 saturated carbocycles. The van der Waals surface area contributed by atoms with Gasteiger partial charge in [0, 0.05) is 23.6 Å². The Morgan fingerprint density at radius 3 is 2.72 bits per heavy atom. The minimum absolute atomic E-state index is 0.281. The van der Waals surface area contributed by atoms with Crippen molar-refractivity contribution in [2.24, 2.45) is 0 Å². The molecule has 2 rings (SSSR count). The summed E-state index contributed by atoms with van der Waals surface area (Å²) in [5.41, 5.74) is 1.09. The van der Waals surface area contributed by atoms with Crippen LogP contribution in [0.15, 0.2) is 30.5 Å². The lowest BCUT2D eigenvalue weighted by atomic mass is 10.1. The predicted octanol–water partition coefficient (Wildman–Crippen LogP) is 2.50. The summed E-state index contributed by atoms with van der Waals surface area (Å²) in [7, 11) is 0. The van der Waals surface area contributed by atoms with Crippen molar-refractivity contribution in [1.82, 2.24) is 4.57 Å². The first-order chi connectivity index (χ1) is 8.65. The number of rotatable bonds is 4. The van der Waals surface area contributed by atoms with Crippen molar-refractivity contribution in [2.45, 2.75) is 13.0 Å². The van der Waals surface area contributed by atoms with E-state index in [0.717, 1.165) is 5.52 Å². The normalized spacial score (nSPS) is 10.2. The van der Waals surface area contributed by atoms with E-state index >= 15 is 0 Å². The van der Waals surface area contributed by atoms with Crippen LogP contribution in [0.3, 0.4) is 0 Å². The van der Waals surface area contributed by atoms with Crippen LogP contribution >= 0.6 is 11.6 Å². The molecule has 0 aliphatic heterocycles. The Balaban J connectivity index is 2.58. The van der Waals surface area contributed by atoms with E-state index < -0.39 is 11.0 Å². The van der Waals surface area contributed by atoms with Gasteiger partial charge in [-0.2, -0.15) is 5.26 Å². The zero-order chi connectivity index (χ0) is 13.1. The molecule has 0 bridgehead atoms. The van der Waals surface area contributed by atoms with Crippen LogP contribution in [0.2, 0.25) is 0 Å². The molecule has 0 aliphatic carbocycles. The molecule has 1 aromatic carbocycles. The van der Waals surface area contributed by atoms with Gasteiger partial charge in [0.05, 0.1) is 18.1 Å². The molecule has 0 unspecified atom stereocenters. The SMILES string of the molecule is N#CCCn1cc(C(=O)C(=O)Cl)c2ccccc21. The molecule has 1 aromatic heterocycles.